The third-order valence-electron chi connectivity index (χ3n) is 3.33. The van der Waals surface area contributed by atoms with Crippen LogP contribution in [0.4, 0.5) is 0 Å². The molecule has 0 amide bonds. The van der Waals surface area contributed by atoms with Gasteiger partial charge in [0, 0.05) is 10.8 Å². The Morgan fingerprint density at radius 1 is 1.12 bits per heavy atom. The van der Waals surface area contributed by atoms with Crippen molar-refractivity contribution in [3.05, 3.63) is 58.8 Å². The zero-order valence-corrected chi connectivity index (χ0v) is 15.7. The number of hydrogen-bond donors (Lipinski definition) is 0. The van der Waals surface area contributed by atoms with E-state index in [4.69, 9.17) is 32.7 Å². The second-order valence-electron chi connectivity index (χ2n) is 4.93. The van der Waals surface area contributed by atoms with E-state index in [0.29, 0.717) is 28.2 Å². The van der Waals surface area contributed by atoms with Crippen LogP contribution in [0.2, 0.25) is 10.0 Å². The molecule has 0 atom stereocenters. The molecule has 2 aromatic carbocycles. The molecule has 0 radical (unpaired) electrons. The third kappa shape index (κ3) is 4.39. The maximum atomic E-state index is 6.09. The van der Waals surface area contributed by atoms with Gasteiger partial charge in [-0.1, -0.05) is 47.1 Å². The second kappa shape index (κ2) is 8.47. The van der Waals surface area contributed by atoms with Crippen molar-refractivity contribution < 1.29 is 9.47 Å². The lowest BCUT2D eigenvalue weighted by Crippen LogP contribution is -2.03. The van der Waals surface area contributed by atoms with E-state index in [0.717, 1.165) is 16.6 Å². The van der Waals surface area contributed by atoms with Crippen LogP contribution in [0.5, 0.6) is 11.5 Å². The minimum absolute atomic E-state index is 0.477. The highest BCUT2D eigenvalue weighted by Crippen LogP contribution is 2.29. The molecule has 0 aliphatic heterocycles. The lowest BCUT2D eigenvalue weighted by Gasteiger charge is -2.11. The van der Waals surface area contributed by atoms with Gasteiger partial charge in [0.2, 0.25) is 0 Å². The molecule has 0 N–H and O–H groups in total. The Morgan fingerprint density at radius 3 is 2.76 bits per heavy atom. The fourth-order valence-corrected chi connectivity index (χ4v) is 3.40. The summed E-state index contributed by atoms with van der Waals surface area (Å²) >= 11 is 13.5. The van der Waals surface area contributed by atoms with E-state index in [1.807, 2.05) is 28.8 Å². The number of halogens is 2. The number of para-hydroxylation sites is 2. The average Bonchev–Trinajstić information content (AvgIpc) is 3.08. The van der Waals surface area contributed by atoms with E-state index in [9.17, 15) is 0 Å². The van der Waals surface area contributed by atoms with Gasteiger partial charge in [0.1, 0.15) is 17.8 Å². The van der Waals surface area contributed by atoms with Crippen molar-refractivity contribution >= 4 is 35.0 Å². The number of thioether (sulfide) groups is 1. The molecule has 0 bridgehead atoms. The molecular weight excluding hydrogens is 381 g/mol. The van der Waals surface area contributed by atoms with Gasteiger partial charge in [-0.25, -0.2) is 0 Å². The van der Waals surface area contributed by atoms with Gasteiger partial charge in [-0.3, -0.25) is 4.57 Å². The SMILES string of the molecule is COc1ccccc1-n1cnnc1SCCOc1ccc(Cl)cc1Cl. The summed E-state index contributed by atoms with van der Waals surface area (Å²) in [6.45, 7) is 0.477. The number of hydrogen-bond acceptors (Lipinski definition) is 5. The molecule has 8 heteroatoms. The Hall–Kier alpha value is -1.89. The number of methoxy groups -OCH3 is 1. The molecule has 0 aliphatic carbocycles. The zero-order chi connectivity index (χ0) is 17.6. The molecule has 0 spiro atoms. The molecular formula is C17H15Cl2N3O2S. The van der Waals surface area contributed by atoms with Gasteiger partial charge in [0.25, 0.3) is 0 Å². The minimum atomic E-state index is 0.477. The topological polar surface area (TPSA) is 49.2 Å². The highest BCUT2D eigenvalue weighted by Gasteiger charge is 2.11. The lowest BCUT2D eigenvalue weighted by atomic mass is 10.3. The van der Waals surface area contributed by atoms with Gasteiger partial charge in [-0.15, -0.1) is 10.2 Å². The van der Waals surface area contributed by atoms with Crippen molar-refractivity contribution in [2.75, 3.05) is 19.5 Å². The van der Waals surface area contributed by atoms with Gasteiger partial charge >= 0.3 is 0 Å². The summed E-state index contributed by atoms with van der Waals surface area (Å²) in [7, 11) is 1.64. The smallest absolute Gasteiger partial charge is 0.195 e. The Labute approximate surface area is 159 Å². The van der Waals surface area contributed by atoms with Crippen LogP contribution in [0.1, 0.15) is 0 Å². The molecule has 130 valence electrons. The Morgan fingerprint density at radius 2 is 1.96 bits per heavy atom. The van der Waals surface area contributed by atoms with Crippen molar-refractivity contribution in [2.45, 2.75) is 5.16 Å². The van der Waals surface area contributed by atoms with Gasteiger partial charge in [0.05, 0.1) is 24.4 Å². The average molecular weight is 396 g/mol. The first kappa shape index (κ1) is 17.9. The van der Waals surface area contributed by atoms with E-state index in [-0.39, 0.29) is 0 Å². The first-order chi connectivity index (χ1) is 12.2. The molecule has 0 aliphatic rings. The quantitative estimate of drug-likeness (QED) is 0.426. The predicted octanol–water partition coefficient (Wildman–Crippen LogP) is 4.75. The van der Waals surface area contributed by atoms with Crippen molar-refractivity contribution in [3.63, 3.8) is 0 Å². The summed E-state index contributed by atoms with van der Waals surface area (Å²) < 4.78 is 13.0. The molecule has 3 rings (SSSR count). The first-order valence-corrected chi connectivity index (χ1v) is 9.17. The lowest BCUT2D eigenvalue weighted by molar-refractivity contribution is 0.344. The zero-order valence-electron chi connectivity index (χ0n) is 13.4. The molecule has 1 heterocycles. The highest BCUT2D eigenvalue weighted by atomic mass is 35.5. The number of aromatic nitrogens is 3. The normalized spacial score (nSPS) is 10.7. The summed E-state index contributed by atoms with van der Waals surface area (Å²) in [6, 6.07) is 12.9. The van der Waals surface area contributed by atoms with Gasteiger partial charge in [-0.05, 0) is 30.3 Å². The standard InChI is InChI=1S/C17H15Cl2N3O2S/c1-23-16-5-3-2-4-14(16)22-11-20-21-17(22)25-9-8-24-15-7-6-12(18)10-13(15)19/h2-7,10-11H,8-9H2,1H3. The van der Waals surface area contributed by atoms with Gasteiger partial charge in [0.15, 0.2) is 5.16 Å². The molecule has 5 nitrogen and oxygen atoms in total. The van der Waals surface area contributed by atoms with E-state index < -0.39 is 0 Å². The van der Waals surface area contributed by atoms with Gasteiger partial charge < -0.3 is 9.47 Å². The van der Waals surface area contributed by atoms with Crippen LogP contribution in [0.25, 0.3) is 5.69 Å². The summed E-state index contributed by atoms with van der Waals surface area (Å²) in [6.07, 6.45) is 1.66. The van der Waals surface area contributed by atoms with Crippen molar-refractivity contribution in [2.24, 2.45) is 0 Å². The number of ether oxygens (including phenoxy) is 2. The van der Waals surface area contributed by atoms with E-state index in [2.05, 4.69) is 10.2 Å². The molecule has 0 saturated carbocycles. The fraction of sp³-hybridized carbons (Fsp3) is 0.176. The van der Waals surface area contributed by atoms with Crippen molar-refractivity contribution in [3.8, 4) is 17.2 Å². The predicted molar refractivity (Wildman–Crippen MR) is 101 cm³/mol. The van der Waals surface area contributed by atoms with Crippen LogP contribution in [-0.2, 0) is 0 Å². The number of nitrogens with zero attached hydrogens (tertiary/aromatic N) is 3. The summed E-state index contributed by atoms with van der Waals surface area (Å²) in [4.78, 5) is 0. The Balaban J connectivity index is 1.62. The second-order valence-corrected chi connectivity index (χ2v) is 6.83. The molecule has 25 heavy (non-hydrogen) atoms. The van der Waals surface area contributed by atoms with E-state index in [1.165, 1.54) is 11.8 Å². The van der Waals surface area contributed by atoms with Gasteiger partial charge in [-0.2, -0.15) is 0 Å². The third-order valence-corrected chi connectivity index (χ3v) is 4.76. The summed E-state index contributed by atoms with van der Waals surface area (Å²) in [5.41, 5.74) is 0.888. The van der Waals surface area contributed by atoms with Crippen molar-refractivity contribution in [1.29, 1.82) is 0 Å². The number of benzene rings is 2. The maximum Gasteiger partial charge on any atom is 0.195 e. The van der Waals surface area contributed by atoms with E-state index in [1.54, 1.807) is 31.6 Å². The first-order valence-electron chi connectivity index (χ1n) is 7.43. The molecule has 0 fully saturated rings. The largest absolute Gasteiger partial charge is 0.495 e. The minimum Gasteiger partial charge on any atom is -0.495 e. The Kier molecular flexibility index (Phi) is 6.07. The monoisotopic (exact) mass is 395 g/mol. The summed E-state index contributed by atoms with van der Waals surface area (Å²) in [5, 5.41) is 9.99. The molecule has 1 aromatic heterocycles. The molecule has 0 unspecified atom stereocenters. The van der Waals surface area contributed by atoms with E-state index >= 15 is 0 Å². The molecule has 0 saturated heterocycles. The fourth-order valence-electron chi connectivity index (χ4n) is 2.19. The molecule has 3 aromatic rings. The van der Waals surface area contributed by atoms with Crippen LogP contribution in [-0.4, -0.2) is 34.2 Å². The van der Waals surface area contributed by atoms with Crippen LogP contribution in [0.15, 0.2) is 53.9 Å². The Bertz CT molecular complexity index is 857. The number of rotatable bonds is 7. The van der Waals surface area contributed by atoms with Crippen LogP contribution in [0.3, 0.4) is 0 Å². The maximum absolute atomic E-state index is 6.09. The summed E-state index contributed by atoms with van der Waals surface area (Å²) in [5.74, 6) is 2.05. The van der Waals surface area contributed by atoms with Crippen LogP contribution >= 0.6 is 35.0 Å². The van der Waals surface area contributed by atoms with Crippen molar-refractivity contribution in [1.82, 2.24) is 14.8 Å². The highest BCUT2D eigenvalue weighted by molar-refractivity contribution is 7.99. The van der Waals surface area contributed by atoms with Crippen LogP contribution in [0, 0.1) is 0 Å². The van der Waals surface area contributed by atoms with Crippen LogP contribution < -0.4 is 9.47 Å².